The Kier molecular flexibility index (Phi) is 6.18. The Balaban J connectivity index is 1.80. The second-order valence-electron chi connectivity index (χ2n) is 8.68. The normalized spacial score (nSPS) is 20.6. The SMILES string of the molecule is CC(C)Oc1ccc(C2/C(=C(/O)c3ccc([N+](=O)[O-])cc3)C(=O)C(=O)N2C2CCCC2)cc1. The maximum absolute atomic E-state index is 13.1. The average molecular weight is 450 g/mol. The third kappa shape index (κ3) is 4.33. The number of nitro benzene ring substituents is 1. The molecule has 2 aliphatic rings. The monoisotopic (exact) mass is 450 g/mol. The van der Waals surface area contributed by atoms with Crippen molar-refractivity contribution in [2.24, 2.45) is 0 Å². The number of ketones is 1. The first kappa shape index (κ1) is 22.5. The van der Waals surface area contributed by atoms with Crippen LogP contribution in [-0.4, -0.2) is 38.8 Å². The van der Waals surface area contributed by atoms with Gasteiger partial charge in [0.1, 0.15) is 11.5 Å². The van der Waals surface area contributed by atoms with Crippen molar-refractivity contribution in [3.63, 3.8) is 0 Å². The predicted molar refractivity (Wildman–Crippen MR) is 122 cm³/mol. The van der Waals surface area contributed by atoms with E-state index >= 15 is 0 Å². The lowest BCUT2D eigenvalue weighted by atomic mass is 9.94. The van der Waals surface area contributed by atoms with Crippen LogP contribution in [0.3, 0.4) is 0 Å². The number of likely N-dealkylation sites (tertiary alicyclic amines) is 1. The van der Waals surface area contributed by atoms with Gasteiger partial charge in [0.25, 0.3) is 17.4 Å². The lowest BCUT2D eigenvalue weighted by Gasteiger charge is -2.30. The number of ether oxygens (including phenoxy) is 1. The third-order valence-electron chi connectivity index (χ3n) is 6.12. The van der Waals surface area contributed by atoms with Crippen molar-refractivity contribution in [1.29, 1.82) is 0 Å². The first-order valence-corrected chi connectivity index (χ1v) is 11.1. The van der Waals surface area contributed by atoms with Crippen molar-refractivity contribution in [1.82, 2.24) is 4.90 Å². The standard InChI is InChI=1S/C25H26N2O6/c1-15(2)33-20-13-9-16(10-14-20)22-21(23(28)17-7-11-19(12-8-17)27(31)32)24(29)25(30)26(22)18-5-3-4-6-18/h7-15,18,22,28H,3-6H2,1-2H3/b23-21-. The highest BCUT2D eigenvalue weighted by Gasteiger charge is 2.49. The third-order valence-corrected chi connectivity index (χ3v) is 6.12. The summed E-state index contributed by atoms with van der Waals surface area (Å²) in [4.78, 5) is 38.2. The number of hydrogen-bond donors (Lipinski definition) is 1. The second kappa shape index (κ2) is 9.05. The van der Waals surface area contributed by atoms with Crippen LogP contribution in [0.4, 0.5) is 5.69 Å². The van der Waals surface area contributed by atoms with Crippen LogP contribution in [0.2, 0.25) is 0 Å². The summed E-state index contributed by atoms with van der Waals surface area (Å²) >= 11 is 0. The molecule has 8 heteroatoms. The molecule has 1 aliphatic carbocycles. The van der Waals surface area contributed by atoms with Gasteiger partial charge in [-0.25, -0.2) is 0 Å². The molecule has 1 N–H and O–H groups in total. The molecular weight excluding hydrogens is 424 g/mol. The molecule has 0 bridgehead atoms. The van der Waals surface area contributed by atoms with E-state index in [0.29, 0.717) is 11.3 Å². The number of nitrogens with zero attached hydrogens (tertiary/aromatic N) is 2. The molecule has 0 spiro atoms. The van der Waals surface area contributed by atoms with Gasteiger partial charge in [0.05, 0.1) is 22.6 Å². The molecule has 2 aromatic carbocycles. The van der Waals surface area contributed by atoms with Crippen LogP contribution in [0, 0.1) is 10.1 Å². The summed E-state index contributed by atoms with van der Waals surface area (Å²) in [5.74, 6) is -1.04. The highest BCUT2D eigenvalue weighted by atomic mass is 16.6. The molecule has 1 saturated heterocycles. The molecule has 172 valence electrons. The van der Waals surface area contributed by atoms with Gasteiger partial charge in [0, 0.05) is 23.7 Å². The van der Waals surface area contributed by atoms with E-state index < -0.39 is 22.7 Å². The predicted octanol–water partition coefficient (Wildman–Crippen LogP) is 4.75. The molecule has 2 fully saturated rings. The van der Waals surface area contributed by atoms with E-state index in [9.17, 15) is 24.8 Å². The van der Waals surface area contributed by atoms with Gasteiger partial charge in [-0.3, -0.25) is 19.7 Å². The number of nitro groups is 1. The smallest absolute Gasteiger partial charge is 0.295 e. The van der Waals surface area contributed by atoms with Gasteiger partial charge >= 0.3 is 0 Å². The number of Topliss-reactive ketones (excluding diaryl/α,β-unsaturated/α-hetero) is 1. The summed E-state index contributed by atoms with van der Waals surface area (Å²) in [6.45, 7) is 3.85. The van der Waals surface area contributed by atoms with Crippen molar-refractivity contribution >= 4 is 23.1 Å². The van der Waals surface area contributed by atoms with E-state index in [0.717, 1.165) is 25.7 Å². The molecule has 2 aromatic rings. The maximum Gasteiger partial charge on any atom is 0.295 e. The zero-order chi connectivity index (χ0) is 23.7. The minimum Gasteiger partial charge on any atom is -0.507 e. The second-order valence-corrected chi connectivity index (χ2v) is 8.68. The van der Waals surface area contributed by atoms with Gasteiger partial charge < -0.3 is 14.7 Å². The molecule has 0 radical (unpaired) electrons. The molecule has 0 aromatic heterocycles. The van der Waals surface area contributed by atoms with Crippen LogP contribution in [0.1, 0.15) is 56.7 Å². The molecule has 1 aliphatic heterocycles. The van der Waals surface area contributed by atoms with E-state index in [1.807, 2.05) is 13.8 Å². The summed E-state index contributed by atoms with van der Waals surface area (Å²) < 4.78 is 5.71. The number of non-ortho nitro benzene ring substituents is 1. The molecule has 1 atom stereocenters. The minimum atomic E-state index is -0.745. The Morgan fingerprint density at radius 2 is 1.67 bits per heavy atom. The largest absolute Gasteiger partial charge is 0.507 e. The molecule has 1 unspecified atom stereocenters. The Morgan fingerprint density at radius 3 is 2.21 bits per heavy atom. The molecule has 8 nitrogen and oxygen atoms in total. The lowest BCUT2D eigenvalue weighted by molar-refractivity contribution is -0.384. The average Bonchev–Trinajstić information content (AvgIpc) is 3.40. The van der Waals surface area contributed by atoms with E-state index in [1.54, 1.807) is 29.2 Å². The van der Waals surface area contributed by atoms with Crippen molar-refractivity contribution in [3.05, 3.63) is 75.3 Å². The van der Waals surface area contributed by atoms with Gasteiger partial charge in [0.2, 0.25) is 0 Å². The summed E-state index contributed by atoms with van der Waals surface area (Å²) in [6, 6.07) is 11.6. The minimum absolute atomic E-state index is 0.00159. The highest BCUT2D eigenvalue weighted by molar-refractivity contribution is 6.46. The van der Waals surface area contributed by atoms with Crippen molar-refractivity contribution in [2.45, 2.75) is 57.7 Å². The summed E-state index contributed by atoms with van der Waals surface area (Å²) in [6.07, 6.45) is 3.56. The van der Waals surface area contributed by atoms with Gasteiger partial charge in [-0.15, -0.1) is 0 Å². The number of benzene rings is 2. The maximum atomic E-state index is 13.1. The first-order chi connectivity index (χ1) is 15.8. The number of carbonyl (C=O) groups excluding carboxylic acids is 2. The quantitative estimate of drug-likeness (QED) is 0.224. The van der Waals surface area contributed by atoms with Crippen molar-refractivity contribution in [3.8, 4) is 5.75 Å². The Hall–Kier alpha value is -3.68. The molecular formula is C25H26N2O6. The fraction of sp³-hybridized carbons (Fsp3) is 0.360. The van der Waals surface area contributed by atoms with Crippen LogP contribution < -0.4 is 4.74 Å². The molecule has 1 heterocycles. The van der Waals surface area contributed by atoms with Crippen molar-refractivity contribution < 1.29 is 24.4 Å². The van der Waals surface area contributed by atoms with Crippen molar-refractivity contribution in [2.75, 3.05) is 0 Å². The van der Waals surface area contributed by atoms with Gasteiger partial charge in [-0.05, 0) is 56.5 Å². The number of rotatable bonds is 6. The van der Waals surface area contributed by atoms with Gasteiger partial charge in [-0.1, -0.05) is 25.0 Å². The number of amides is 1. The summed E-state index contributed by atoms with van der Waals surface area (Å²) in [5.41, 5.74) is 0.809. The van der Waals surface area contributed by atoms with Gasteiger partial charge in [0.15, 0.2) is 0 Å². The molecule has 33 heavy (non-hydrogen) atoms. The number of hydrogen-bond acceptors (Lipinski definition) is 6. The Labute approximate surface area is 191 Å². The molecule has 1 amide bonds. The van der Waals surface area contributed by atoms with Crippen LogP contribution in [0.15, 0.2) is 54.1 Å². The number of aliphatic hydroxyl groups excluding tert-OH is 1. The molecule has 4 rings (SSSR count). The Bertz CT molecular complexity index is 1100. The van der Waals surface area contributed by atoms with Crippen LogP contribution >= 0.6 is 0 Å². The summed E-state index contributed by atoms with van der Waals surface area (Å²) in [5, 5.41) is 22.1. The van der Waals surface area contributed by atoms with E-state index in [4.69, 9.17) is 4.74 Å². The van der Waals surface area contributed by atoms with Crippen LogP contribution in [0.5, 0.6) is 5.75 Å². The van der Waals surface area contributed by atoms with Crippen LogP contribution in [0.25, 0.3) is 5.76 Å². The first-order valence-electron chi connectivity index (χ1n) is 11.1. The zero-order valence-corrected chi connectivity index (χ0v) is 18.6. The highest BCUT2D eigenvalue weighted by Crippen LogP contribution is 2.43. The van der Waals surface area contributed by atoms with E-state index in [2.05, 4.69) is 0 Å². The van der Waals surface area contributed by atoms with Crippen LogP contribution in [-0.2, 0) is 9.59 Å². The molecule has 1 saturated carbocycles. The topological polar surface area (TPSA) is 110 Å². The zero-order valence-electron chi connectivity index (χ0n) is 18.6. The number of carbonyl (C=O) groups is 2. The fourth-order valence-corrected chi connectivity index (χ4v) is 4.63. The van der Waals surface area contributed by atoms with E-state index in [-0.39, 0.29) is 34.7 Å². The number of aliphatic hydroxyl groups is 1. The Morgan fingerprint density at radius 1 is 1.06 bits per heavy atom. The lowest BCUT2D eigenvalue weighted by Crippen LogP contribution is -2.37. The fourth-order valence-electron chi connectivity index (χ4n) is 4.63. The summed E-state index contributed by atoms with van der Waals surface area (Å²) in [7, 11) is 0. The van der Waals surface area contributed by atoms with E-state index in [1.165, 1.54) is 24.3 Å². The van der Waals surface area contributed by atoms with Gasteiger partial charge in [-0.2, -0.15) is 0 Å².